The molecule has 16 heteroatoms. The van der Waals surface area contributed by atoms with Crippen molar-refractivity contribution in [2.75, 3.05) is 12.4 Å². The topological polar surface area (TPSA) is 101 Å². The molecular weight excluding hydrogens is 455 g/mol. The molecule has 0 aliphatic rings. The zero-order valence-corrected chi connectivity index (χ0v) is 14.9. The second kappa shape index (κ2) is 10.3. The Morgan fingerprint density at radius 1 is 1.00 bits per heavy atom. The van der Waals surface area contributed by atoms with Crippen LogP contribution in [0, 0.1) is 0 Å². The van der Waals surface area contributed by atoms with Crippen LogP contribution in [0.25, 0.3) is 0 Å². The average molecular weight is 470 g/mol. The summed E-state index contributed by atoms with van der Waals surface area (Å²) in [7, 11) is -3.79. The molecule has 0 aliphatic heterocycles. The molecule has 1 unspecified atom stereocenters. The van der Waals surface area contributed by atoms with Crippen LogP contribution in [0.15, 0.2) is 25.3 Å². The van der Waals surface area contributed by atoms with Crippen LogP contribution in [-0.4, -0.2) is 66.5 Å². The first-order valence-electron chi connectivity index (χ1n) is 6.89. The molecule has 0 aromatic heterocycles. The van der Waals surface area contributed by atoms with Crippen molar-refractivity contribution in [3.8, 4) is 0 Å². The van der Waals surface area contributed by atoms with Gasteiger partial charge in [0.1, 0.15) is 6.61 Å². The van der Waals surface area contributed by atoms with Crippen molar-refractivity contribution in [1.82, 2.24) is 0 Å². The lowest BCUT2D eigenvalue weighted by molar-refractivity contribution is -0.398. The number of alkyl halides is 9. The summed E-state index contributed by atoms with van der Waals surface area (Å²) in [6.07, 6.45) is -10.4. The van der Waals surface area contributed by atoms with E-state index in [1.54, 1.807) is 0 Å². The fourth-order valence-corrected chi connectivity index (χ4v) is 1.57. The maximum atomic E-state index is 13.0. The van der Waals surface area contributed by atoms with Crippen LogP contribution in [0.4, 0.5) is 39.5 Å². The molecule has 0 radical (unpaired) electrons. The van der Waals surface area contributed by atoms with Gasteiger partial charge in [0.2, 0.25) is 0 Å². The smallest absolute Gasteiger partial charge is 0.460 e. The Morgan fingerprint density at radius 2 is 1.45 bits per heavy atom. The molecule has 0 amide bonds. The van der Waals surface area contributed by atoms with Crippen LogP contribution in [0.5, 0.6) is 0 Å². The fourth-order valence-electron chi connectivity index (χ4n) is 1.28. The molecule has 172 valence electrons. The van der Waals surface area contributed by atoms with Gasteiger partial charge in [-0.15, -0.1) is 6.58 Å². The van der Waals surface area contributed by atoms with Gasteiger partial charge < -0.3 is 9.84 Å². The third-order valence-corrected chi connectivity index (χ3v) is 3.27. The van der Waals surface area contributed by atoms with Crippen molar-refractivity contribution in [3.05, 3.63) is 25.3 Å². The predicted octanol–water partition coefficient (Wildman–Crippen LogP) is 3.00. The minimum absolute atomic E-state index is 0.368. The number of carbonyl (C=O) groups excluding carboxylic acids is 1. The van der Waals surface area contributed by atoms with E-state index in [2.05, 4.69) is 17.9 Å². The molecule has 0 rings (SSSR count). The summed E-state index contributed by atoms with van der Waals surface area (Å²) in [6, 6.07) is 0. The van der Waals surface area contributed by atoms with Gasteiger partial charge in [0.15, 0.2) is 0 Å². The second-order valence-electron chi connectivity index (χ2n) is 5.08. The number of hydrogen-bond acceptors (Lipinski definition) is 5. The summed E-state index contributed by atoms with van der Waals surface area (Å²) in [5.41, 5.74) is 0. The molecule has 0 aliphatic carbocycles. The zero-order chi connectivity index (χ0) is 23.9. The fraction of sp³-hybridized carbons (Fsp3) is 0.615. The largest absolute Gasteiger partial charge is 0.460 e. The van der Waals surface area contributed by atoms with E-state index in [1.165, 1.54) is 0 Å². The molecule has 0 spiro atoms. The van der Waals surface area contributed by atoms with Crippen LogP contribution < -0.4 is 0 Å². The molecule has 0 aromatic rings. The minimum Gasteiger partial charge on any atom is -0.460 e. The molecule has 0 bridgehead atoms. The van der Waals surface area contributed by atoms with E-state index in [0.717, 1.165) is 6.08 Å². The molecule has 1 atom stereocenters. The van der Waals surface area contributed by atoms with Gasteiger partial charge in [-0.2, -0.15) is 47.9 Å². The highest BCUT2D eigenvalue weighted by Crippen LogP contribution is 2.54. The van der Waals surface area contributed by atoms with E-state index < -0.39 is 59.2 Å². The van der Waals surface area contributed by atoms with Gasteiger partial charge in [0.25, 0.3) is 10.1 Å². The Labute approximate surface area is 158 Å². The number of carbonyl (C=O) groups is 1. The van der Waals surface area contributed by atoms with Crippen molar-refractivity contribution in [2.45, 2.75) is 36.5 Å². The van der Waals surface area contributed by atoms with Gasteiger partial charge in [-0.25, -0.2) is 4.79 Å². The summed E-state index contributed by atoms with van der Waals surface area (Å²) in [5, 5.41) is 8.91. The number of halogens is 9. The standard InChI is InChI=1S/C10H9F9O3.C3H6O3S/c1-2-6(21)22-4-5(20)3-7(11,12)8(13,14)9(15,16)10(17,18)19;1-2-3-7(4,5)6/h2,5,20H,1,3-4H2;2H,1,3H2,(H,4,5,6). The normalized spacial score (nSPS) is 14.3. The quantitative estimate of drug-likeness (QED) is 0.177. The van der Waals surface area contributed by atoms with Gasteiger partial charge in [0.05, 0.1) is 11.9 Å². The van der Waals surface area contributed by atoms with Crippen LogP contribution in [-0.2, 0) is 19.6 Å². The highest BCUT2D eigenvalue weighted by molar-refractivity contribution is 7.85. The first-order chi connectivity index (χ1) is 12.7. The van der Waals surface area contributed by atoms with Gasteiger partial charge >= 0.3 is 29.9 Å². The summed E-state index contributed by atoms with van der Waals surface area (Å²) in [5.74, 6) is -21.4. The average Bonchev–Trinajstić information content (AvgIpc) is 2.50. The van der Waals surface area contributed by atoms with E-state index >= 15 is 0 Å². The molecular formula is C13H15F9O6S. The second-order valence-corrected chi connectivity index (χ2v) is 6.58. The summed E-state index contributed by atoms with van der Waals surface area (Å²) >= 11 is 0. The Hall–Kier alpha value is -1.81. The monoisotopic (exact) mass is 470 g/mol. The highest BCUT2D eigenvalue weighted by Gasteiger charge is 2.81. The molecule has 6 nitrogen and oxygen atoms in total. The van der Waals surface area contributed by atoms with E-state index in [9.17, 15) is 52.7 Å². The molecule has 0 aromatic carbocycles. The minimum atomic E-state index is -7.03. The molecule has 0 fully saturated rings. The number of rotatable bonds is 9. The molecule has 0 saturated carbocycles. The number of hydrogen-bond donors (Lipinski definition) is 2. The molecule has 29 heavy (non-hydrogen) atoms. The van der Waals surface area contributed by atoms with Crippen molar-refractivity contribution >= 4 is 16.1 Å². The number of aliphatic hydroxyl groups excluding tert-OH is 1. The zero-order valence-electron chi connectivity index (χ0n) is 14.1. The van der Waals surface area contributed by atoms with E-state index in [1.807, 2.05) is 0 Å². The van der Waals surface area contributed by atoms with Gasteiger partial charge in [-0.3, -0.25) is 4.55 Å². The summed E-state index contributed by atoms with van der Waals surface area (Å²) in [6.45, 7) is 4.64. The molecule has 0 heterocycles. The van der Waals surface area contributed by atoms with Crippen molar-refractivity contribution in [3.63, 3.8) is 0 Å². The maximum Gasteiger partial charge on any atom is 0.460 e. The van der Waals surface area contributed by atoms with Crippen LogP contribution in [0.1, 0.15) is 6.42 Å². The van der Waals surface area contributed by atoms with E-state index in [-0.39, 0.29) is 5.75 Å². The van der Waals surface area contributed by atoms with Crippen LogP contribution in [0.2, 0.25) is 0 Å². The molecule has 0 saturated heterocycles. The Morgan fingerprint density at radius 3 is 1.72 bits per heavy atom. The van der Waals surface area contributed by atoms with Crippen LogP contribution in [0.3, 0.4) is 0 Å². The third kappa shape index (κ3) is 9.03. The Bertz CT molecular complexity index is 673. The lowest BCUT2D eigenvalue weighted by atomic mass is 9.98. The van der Waals surface area contributed by atoms with Gasteiger partial charge in [0, 0.05) is 12.5 Å². The maximum absolute atomic E-state index is 13.0. The number of esters is 1. The van der Waals surface area contributed by atoms with Crippen LogP contribution >= 0.6 is 0 Å². The lowest BCUT2D eigenvalue weighted by Gasteiger charge is -2.34. The SMILES string of the molecule is C=CC(=O)OCC(O)CC(F)(F)C(F)(F)C(F)(F)C(F)(F)F.C=CCS(=O)(=O)O. The third-order valence-electron chi connectivity index (χ3n) is 2.61. The van der Waals surface area contributed by atoms with Gasteiger partial charge in [-0.1, -0.05) is 12.7 Å². The van der Waals surface area contributed by atoms with Crippen molar-refractivity contribution < 1.29 is 67.1 Å². The number of aliphatic hydroxyl groups is 1. The summed E-state index contributed by atoms with van der Waals surface area (Å²) in [4.78, 5) is 10.5. The Kier molecular flexibility index (Phi) is 10.4. The van der Waals surface area contributed by atoms with Crippen molar-refractivity contribution in [2.24, 2.45) is 0 Å². The van der Waals surface area contributed by atoms with Crippen molar-refractivity contribution in [1.29, 1.82) is 0 Å². The first kappa shape index (κ1) is 29.4. The highest BCUT2D eigenvalue weighted by atomic mass is 32.2. The first-order valence-corrected chi connectivity index (χ1v) is 8.50. The predicted molar refractivity (Wildman–Crippen MR) is 79.3 cm³/mol. The van der Waals surface area contributed by atoms with E-state index in [0.29, 0.717) is 6.08 Å². The number of ether oxygens (including phenoxy) is 1. The summed E-state index contributed by atoms with van der Waals surface area (Å²) < 4.78 is 143. The molecule has 2 N–H and O–H groups in total. The van der Waals surface area contributed by atoms with E-state index in [4.69, 9.17) is 9.66 Å². The van der Waals surface area contributed by atoms with Gasteiger partial charge in [-0.05, 0) is 0 Å². The Balaban J connectivity index is 0. The lowest BCUT2D eigenvalue weighted by Crippen LogP contribution is -2.61.